The van der Waals surface area contributed by atoms with Gasteiger partial charge in [-0.2, -0.15) is 22.1 Å². The smallest absolute Gasteiger partial charge is 0.120 e. The van der Waals surface area contributed by atoms with Crippen LogP contribution < -0.4 is 33.0 Å². The van der Waals surface area contributed by atoms with E-state index in [1.54, 1.807) is 0 Å². The summed E-state index contributed by atoms with van der Waals surface area (Å²) in [6.45, 7) is 4.74. The van der Waals surface area contributed by atoms with Crippen molar-refractivity contribution in [2.24, 2.45) is 11.8 Å². The Labute approximate surface area is 107 Å². The molecule has 0 aromatic rings. The first-order valence-corrected chi connectivity index (χ1v) is 6.85. The average molecular weight is 254 g/mol. The number of hydrazine groups is 6. The van der Waals surface area contributed by atoms with E-state index in [-0.39, 0.29) is 12.3 Å². The molecule has 1 saturated carbocycles. The molecule has 4 fully saturated rings. The van der Waals surface area contributed by atoms with Crippen LogP contribution in [0.3, 0.4) is 0 Å². The molecule has 3 saturated heterocycles. The van der Waals surface area contributed by atoms with Crippen LogP contribution in [0, 0.1) is 11.8 Å². The van der Waals surface area contributed by atoms with E-state index in [0.717, 1.165) is 11.8 Å². The predicted octanol–water partition coefficient (Wildman–Crippen LogP) is -1.89. The number of fused-ring (bicyclic) bond motifs is 6. The minimum Gasteiger partial charge on any atom is -0.221 e. The normalized spacial score (nSPS) is 53.0. The van der Waals surface area contributed by atoms with Crippen molar-refractivity contribution in [2.45, 2.75) is 51.1 Å². The Kier molecular flexibility index (Phi) is 2.61. The van der Waals surface area contributed by atoms with Gasteiger partial charge in [-0.25, -0.2) is 20.9 Å². The summed E-state index contributed by atoms with van der Waals surface area (Å²) in [5, 5.41) is 4.66. The van der Waals surface area contributed by atoms with E-state index in [1.165, 1.54) is 12.8 Å². The molecule has 3 aliphatic heterocycles. The molecule has 8 heteroatoms. The van der Waals surface area contributed by atoms with Gasteiger partial charge in [0, 0.05) is 12.1 Å². The molecule has 8 nitrogen and oxygen atoms in total. The summed E-state index contributed by atoms with van der Waals surface area (Å²) in [5.74, 6) is 1.55. The Balaban J connectivity index is 1.66. The lowest BCUT2D eigenvalue weighted by Gasteiger charge is -2.53. The number of piperazine rings is 1. The molecule has 6 N–H and O–H groups in total. The van der Waals surface area contributed by atoms with Crippen molar-refractivity contribution in [3.05, 3.63) is 0 Å². The van der Waals surface area contributed by atoms with E-state index in [9.17, 15) is 0 Å². The van der Waals surface area contributed by atoms with Crippen molar-refractivity contribution in [1.29, 1.82) is 0 Å². The van der Waals surface area contributed by atoms with Crippen molar-refractivity contribution < 1.29 is 0 Å². The molecule has 3 heterocycles. The molecule has 0 aromatic carbocycles. The Morgan fingerprint density at radius 2 is 1.22 bits per heavy atom. The van der Waals surface area contributed by atoms with Crippen LogP contribution in [0.2, 0.25) is 0 Å². The highest BCUT2D eigenvalue weighted by Gasteiger charge is 2.54. The first-order valence-electron chi connectivity index (χ1n) is 6.85. The van der Waals surface area contributed by atoms with Gasteiger partial charge in [-0.15, -0.1) is 0 Å². The summed E-state index contributed by atoms with van der Waals surface area (Å²) in [4.78, 5) is 0. The summed E-state index contributed by atoms with van der Waals surface area (Å²) in [7, 11) is 0. The molecule has 0 aromatic heterocycles. The number of hydrogen-bond donors (Lipinski definition) is 6. The van der Waals surface area contributed by atoms with Gasteiger partial charge < -0.3 is 0 Å². The highest BCUT2D eigenvalue weighted by Crippen LogP contribution is 2.38. The van der Waals surface area contributed by atoms with E-state index in [1.807, 2.05) is 0 Å². The quantitative estimate of drug-likeness (QED) is 0.300. The molecule has 1 aliphatic carbocycles. The molecule has 4 rings (SSSR count). The van der Waals surface area contributed by atoms with Crippen molar-refractivity contribution in [3.63, 3.8) is 0 Å². The van der Waals surface area contributed by atoms with Crippen LogP contribution >= 0.6 is 0 Å². The maximum absolute atomic E-state index is 3.27. The fourth-order valence-corrected chi connectivity index (χ4v) is 3.80. The topological polar surface area (TPSA) is 78.7 Å². The monoisotopic (exact) mass is 254 g/mol. The molecule has 4 aliphatic rings. The minimum absolute atomic E-state index is 0.217. The third-order valence-corrected chi connectivity index (χ3v) is 5.07. The van der Waals surface area contributed by atoms with Gasteiger partial charge in [0.05, 0.1) is 0 Å². The van der Waals surface area contributed by atoms with Gasteiger partial charge >= 0.3 is 0 Å². The molecular formula is C10H22N8. The third kappa shape index (κ3) is 1.49. The van der Waals surface area contributed by atoms with Crippen molar-refractivity contribution in [2.75, 3.05) is 0 Å². The predicted molar refractivity (Wildman–Crippen MR) is 65.2 cm³/mol. The van der Waals surface area contributed by atoms with Crippen LogP contribution in [0.4, 0.5) is 0 Å². The number of nitrogens with one attached hydrogen (secondary N) is 6. The average Bonchev–Trinajstić information content (AvgIpc) is 2.97. The molecule has 102 valence electrons. The van der Waals surface area contributed by atoms with Crippen molar-refractivity contribution in [1.82, 2.24) is 43.0 Å². The second-order valence-corrected chi connectivity index (χ2v) is 6.03. The van der Waals surface area contributed by atoms with E-state index >= 15 is 0 Å². The first-order chi connectivity index (χ1) is 8.75. The largest absolute Gasteiger partial charge is 0.221 e. The highest BCUT2D eigenvalue weighted by atomic mass is 16.0. The van der Waals surface area contributed by atoms with Gasteiger partial charge in [-0.05, 0) is 24.7 Å². The van der Waals surface area contributed by atoms with E-state index in [4.69, 9.17) is 0 Å². The van der Waals surface area contributed by atoms with Crippen molar-refractivity contribution in [3.8, 4) is 0 Å². The summed E-state index contributed by atoms with van der Waals surface area (Å²) in [6, 6.07) is 1.04. The number of nitrogens with zero attached hydrogens (tertiary/aromatic N) is 2. The van der Waals surface area contributed by atoms with Gasteiger partial charge in [0.1, 0.15) is 12.3 Å². The standard InChI is InChI=1S/C10H22N8/c1-5-3-7-8(4-6(5)2)18-10(12-14-16-18)9-11-13-15-17(7)9/h5-16H,3-4H2,1-2H3. The van der Waals surface area contributed by atoms with Crippen LogP contribution in [-0.4, -0.2) is 34.4 Å². The first kappa shape index (κ1) is 11.5. The Bertz CT molecular complexity index is 306. The zero-order valence-corrected chi connectivity index (χ0v) is 10.8. The van der Waals surface area contributed by atoms with E-state index in [0.29, 0.717) is 12.1 Å². The van der Waals surface area contributed by atoms with E-state index < -0.39 is 0 Å². The fraction of sp³-hybridized carbons (Fsp3) is 1.00. The maximum atomic E-state index is 3.27. The van der Waals surface area contributed by atoms with Crippen LogP contribution in [0.25, 0.3) is 0 Å². The van der Waals surface area contributed by atoms with Crippen LogP contribution in [0.5, 0.6) is 0 Å². The Hall–Kier alpha value is -0.320. The second kappa shape index (κ2) is 4.09. The van der Waals surface area contributed by atoms with Gasteiger partial charge in [0.15, 0.2) is 0 Å². The van der Waals surface area contributed by atoms with Crippen molar-refractivity contribution >= 4 is 0 Å². The minimum atomic E-state index is 0.217. The lowest BCUT2D eigenvalue weighted by atomic mass is 9.74. The Morgan fingerprint density at radius 3 is 1.67 bits per heavy atom. The fourth-order valence-electron chi connectivity index (χ4n) is 3.80. The van der Waals surface area contributed by atoms with Gasteiger partial charge in [-0.3, -0.25) is 0 Å². The Morgan fingerprint density at radius 1 is 0.778 bits per heavy atom. The van der Waals surface area contributed by atoms with Crippen LogP contribution in [0.15, 0.2) is 0 Å². The molecule has 18 heavy (non-hydrogen) atoms. The SMILES string of the molecule is CC1CC2C(CC1C)N1NNNC1C1NNNN21. The lowest BCUT2D eigenvalue weighted by Crippen LogP contribution is -2.73. The molecule has 0 bridgehead atoms. The summed E-state index contributed by atoms with van der Waals surface area (Å²) >= 11 is 0. The number of rotatable bonds is 0. The molecule has 0 amide bonds. The second-order valence-electron chi connectivity index (χ2n) is 6.03. The third-order valence-electron chi connectivity index (χ3n) is 5.07. The van der Waals surface area contributed by atoms with Crippen LogP contribution in [0.1, 0.15) is 26.7 Å². The zero-order chi connectivity index (χ0) is 12.3. The molecule has 0 spiro atoms. The van der Waals surface area contributed by atoms with Crippen LogP contribution in [-0.2, 0) is 0 Å². The van der Waals surface area contributed by atoms with E-state index in [2.05, 4.69) is 56.9 Å². The van der Waals surface area contributed by atoms with Gasteiger partial charge in [0.25, 0.3) is 0 Å². The maximum Gasteiger partial charge on any atom is 0.120 e. The zero-order valence-electron chi connectivity index (χ0n) is 10.8. The highest BCUT2D eigenvalue weighted by molar-refractivity contribution is 5.02. The van der Waals surface area contributed by atoms with Gasteiger partial charge in [-0.1, -0.05) is 13.8 Å². The number of hydrogen-bond acceptors (Lipinski definition) is 8. The summed E-state index contributed by atoms with van der Waals surface area (Å²) in [6.07, 6.45) is 2.89. The lowest BCUT2D eigenvalue weighted by molar-refractivity contribution is -0.109. The summed E-state index contributed by atoms with van der Waals surface area (Å²) in [5.41, 5.74) is 19.1. The van der Waals surface area contributed by atoms with Gasteiger partial charge in [0.2, 0.25) is 0 Å². The summed E-state index contributed by atoms with van der Waals surface area (Å²) < 4.78 is 0. The molecule has 6 atom stereocenters. The molecular weight excluding hydrogens is 232 g/mol. The molecule has 0 radical (unpaired) electrons. The molecule has 6 unspecified atom stereocenters.